The van der Waals surface area contributed by atoms with E-state index in [1.165, 1.54) is 10.8 Å². The number of benzene rings is 4. The number of para-hydroxylation sites is 1. The second-order valence-electron chi connectivity index (χ2n) is 6.27. The Hall–Kier alpha value is -2.91. The summed E-state index contributed by atoms with van der Waals surface area (Å²) in [6.07, 6.45) is 0. The molecule has 0 N–H and O–H groups in total. The minimum atomic E-state index is 0.960. The van der Waals surface area contributed by atoms with E-state index in [9.17, 15) is 0 Å². The van der Waals surface area contributed by atoms with Crippen LogP contribution in [0, 0.1) is 0 Å². The molecule has 26 heavy (non-hydrogen) atoms. The Kier molecular flexibility index (Phi) is 3.61. The lowest BCUT2D eigenvalue weighted by Crippen LogP contribution is -1.97. The van der Waals surface area contributed by atoms with Gasteiger partial charge in [-0.15, -0.1) is 0 Å². The molecule has 5 aromatic rings. The Morgan fingerprint density at radius 1 is 0.731 bits per heavy atom. The van der Waals surface area contributed by atoms with E-state index in [4.69, 9.17) is 4.98 Å². The molecule has 0 saturated carbocycles. The molecule has 0 radical (unpaired) electrons. The first-order valence-corrected chi connectivity index (χ1v) is 9.32. The molecule has 0 saturated heterocycles. The number of imidazole rings is 1. The van der Waals surface area contributed by atoms with Gasteiger partial charge in [-0.05, 0) is 35.7 Å². The van der Waals surface area contributed by atoms with Crippen molar-refractivity contribution in [3.05, 3.63) is 95.5 Å². The van der Waals surface area contributed by atoms with Gasteiger partial charge in [-0.3, -0.25) is 4.57 Å². The number of fused-ring (bicyclic) bond motifs is 3. The smallest absolute Gasteiger partial charge is 0.145 e. The first-order valence-electron chi connectivity index (χ1n) is 8.53. The Bertz CT molecular complexity index is 1230. The summed E-state index contributed by atoms with van der Waals surface area (Å²) in [5.41, 5.74) is 4.37. The van der Waals surface area contributed by atoms with Crippen LogP contribution in [0.15, 0.2) is 95.5 Å². The van der Waals surface area contributed by atoms with Crippen LogP contribution in [0.1, 0.15) is 0 Å². The van der Waals surface area contributed by atoms with Crippen molar-refractivity contribution < 1.29 is 0 Å². The van der Waals surface area contributed by atoms with Gasteiger partial charge in [-0.2, -0.15) is 0 Å². The predicted molar refractivity (Wildman–Crippen MR) is 112 cm³/mol. The van der Waals surface area contributed by atoms with Gasteiger partial charge in [0.25, 0.3) is 0 Å². The van der Waals surface area contributed by atoms with Gasteiger partial charge in [0.2, 0.25) is 0 Å². The van der Waals surface area contributed by atoms with Crippen molar-refractivity contribution in [2.45, 2.75) is 0 Å². The highest BCUT2D eigenvalue weighted by molar-refractivity contribution is 9.10. The van der Waals surface area contributed by atoms with Crippen LogP contribution >= 0.6 is 15.9 Å². The fourth-order valence-corrected chi connectivity index (χ4v) is 3.86. The maximum Gasteiger partial charge on any atom is 0.145 e. The normalized spacial score (nSPS) is 11.3. The molecule has 4 aromatic carbocycles. The van der Waals surface area contributed by atoms with E-state index >= 15 is 0 Å². The Labute approximate surface area is 159 Å². The predicted octanol–water partition coefficient (Wildman–Crippen LogP) is 6.61. The zero-order valence-corrected chi connectivity index (χ0v) is 15.5. The van der Waals surface area contributed by atoms with Crippen LogP contribution in [-0.2, 0) is 0 Å². The van der Waals surface area contributed by atoms with Crippen molar-refractivity contribution in [2.24, 2.45) is 0 Å². The summed E-state index contributed by atoms with van der Waals surface area (Å²) >= 11 is 3.58. The van der Waals surface area contributed by atoms with Crippen LogP contribution < -0.4 is 0 Å². The third kappa shape index (κ3) is 2.44. The van der Waals surface area contributed by atoms with Gasteiger partial charge in [0.1, 0.15) is 5.82 Å². The molecule has 0 aliphatic heterocycles. The van der Waals surface area contributed by atoms with Crippen molar-refractivity contribution >= 4 is 37.7 Å². The number of hydrogen-bond donors (Lipinski definition) is 0. The van der Waals surface area contributed by atoms with Crippen molar-refractivity contribution in [2.75, 3.05) is 0 Å². The average Bonchev–Trinajstić information content (AvgIpc) is 3.09. The van der Waals surface area contributed by atoms with Crippen LogP contribution in [-0.4, -0.2) is 9.55 Å². The standard InChI is InChI=1S/C23H15BrN2/c24-18-12-13-20-17(15-18)11-14-21-22(20)26(19-9-5-2-6-10-19)23(25-21)16-7-3-1-4-8-16/h1-15H. The average molecular weight is 399 g/mol. The molecule has 124 valence electrons. The molecule has 0 atom stereocenters. The Morgan fingerprint density at radius 3 is 2.23 bits per heavy atom. The maximum absolute atomic E-state index is 4.98. The van der Waals surface area contributed by atoms with E-state index < -0.39 is 0 Å². The van der Waals surface area contributed by atoms with Crippen molar-refractivity contribution in [3.63, 3.8) is 0 Å². The van der Waals surface area contributed by atoms with Gasteiger partial charge in [0, 0.05) is 21.1 Å². The van der Waals surface area contributed by atoms with E-state index in [1.54, 1.807) is 0 Å². The van der Waals surface area contributed by atoms with Crippen molar-refractivity contribution in [1.82, 2.24) is 9.55 Å². The summed E-state index contributed by atoms with van der Waals surface area (Å²) in [4.78, 5) is 4.98. The Morgan fingerprint density at radius 2 is 1.46 bits per heavy atom. The molecule has 0 aliphatic carbocycles. The number of rotatable bonds is 2. The van der Waals surface area contributed by atoms with E-state index in [0.717, 1.165) is 32.6 Å². The second-order valence-corrected chi connectivity index (χ2v) is 7.19. The van der Waals surface area contributed by atoms with Crippen LogP contribution in [0.3, 0.4) is 0 Å². The molecule has 0 spiro atoms. The molecule has 1 heterocycles. The highest BCUT2D eigenvalue weighted by Crippen LogP contribution is 2.34. The van der Waals surface area contributed by atoms with Gasteiger partial charge in [-0.1, -0.05) is 76.6 Å². The SMILES string of the molecule is Brc1ccc2c(ccc3nc(-c4ccccc4)n(-c4ccccc4)c32)c1. The molecular weight excluding hydrogens is 384 g/mol. The third-order valence-corrected chi connectivity index (χ3v) is 5.13. The summed E-state index contributed by atoms with van der Waals surface area (Å²) < 4.78 is 3.35. The van der Waals surface area contributed by atoms with Gasteiger partial charge in [0.15, 0.2) is 0 Å². The lowest BCUT2D eigenvalue weighted by atomic mass is 10.1. The van der Waals surface area contributed by atoms with Crippen LogP contribution in [0.25, 0.3) is 38.9 Å². The Balaban J connectivity index is 1.95. The topological polar surface area (TPSA) is 17.8 Å². The van der Waals surface area contributed by atoms with Gasteiger partial charge < -0.3 is 0 Å². The number of nitrogens with zero attached hydrogens (tertiary/aromatic N) is 2. The van der Waals surface area contributed by atoms with Crippen LogP contribution in [0.2, 0.25) is 0 Å². The van der Waals surface area contributed by atoms with Gasteiger partial charge in [-0.25, -0.2) is 4.98 Å². The van der Waals surface area contributed by atoms with Crippen molar-refractivity contribution in [3.8, 4) is 17.1 Å². The molecule has 3 heteroatoms. The number of hydrogen-bond acceptors (Lipinski definition) is 1. The summed E-state index contributed by atoms with van der Waals surface area (Å²) in [6.45, 7) is 0. The van der Waals surface area contributed by atoms with E-state index in [2.05, 4.69) is 99.4 Å². The molecular formula is C23H15BrN2. The first-order chi connectivity index (χ1) is 12.8. The fourth-order valence-electron chi connectivity index (χ4n) is 3.48. The molecule has 1 aromatic heterocycles. The monoisotopic (exact) mass is 398 g/mol. The molecule has 0 amide bonds. The van der Waals surface area contributed by atoms with E-state index in [0.29, 0.717) is 0 Å². The summed E-state index contributed by atoms with van der Waals surface area (Å²) in [5, 5.41) is 2.40. The molecule has 2 nitrogen and oxygen atoms in total. The summed E-state index contributed by atoms with van der Waals surface area (Å²) in [7, 11) is 0. The fraction of sp³-hybridized carbons (Fsp3) is 0. The zero-order valence-electron chi connectivity index (χ0n) is 13.9. The molecule has 0 unspecified atom stereocenters. The van der Waals surface area contributed by atoms with Crippen LogP contribution in [0.4, 0.5) is 0 Å². The lowest BCUT2D eigenvalue weighted by molar-refractivity contribution is 1.11. The summed E-state index contributed by atoms with van der Waals surface area (Å²) in [6, 6.07) is 31.5. The van der Waals surface area contributed by atoms with E-state index in [-0.39, 0.29) is 0 Å². The van der Waals surface area contributed by atoms with Gasteiger partial charge >= 0.3 is 0 Å². The number of halogens is 1. The highest BCUT2D eigenvalue weighted by Gasteiger charge is 2.16. The highest BCUT2D eigenvalue weighted by atomic mass is 79.9. The maximum atomic E-state index is 4.98. The lowest BCUT2D eigenvalue weighted by Gasteiger charge is -2.11. The van der Waals surface area contributed by atoms with E-state index in [1.807, 2.05) is 12.1 Å². The van der Waals surface area contributed by atoms with Crippen molar-refractivity contribution in [1.29, 1.82) is 0 Å². The quantitative estimate of drug-likeness (QED) is 0.327. The molecule has 0 fully saturated rings. The zero-order chi connectivity index (χ0) is 17.5. The minimum Gasteiger partial charge on any atom is -0.292 e. The molecule has 0 bridgehead atoms. The second kappa shape index (κ2) is 6.11. The largest absolute Gasteiger partial charge is 0.292 e. The third-order valence-electron chi connectivity index (χ3n) is 4.64. The number of aromatic nitrogens is 2. The first kappa shape index (κ1) is 15.4. The molecule has 5 rings (SSSR count). The van der Waals surface area contributed by atoms with Crippen LogP contribution in [0.5, 0.6) is 0 Å². The van der Waals surface area contributed by atoms with Gasteiger partial charge in [0.05, 0.1) is 11.0 Å². The summed E-state index contributed by atoms with van der Waals surface area (Å²) in [5.74, 6) is 0.960. The molecule has 0 aliphatic rings. The minimum absolute atomic E-state index is 0.960.